The van der Waals surface area contributed by atoms with Gasteiger partial charge in [-0.05, 0) is 27.7 Å². The van der Waals surface area contributed by atoms with E-state index in [2.05, 4.69) is 0 Å². The van der Waals surface area contributed by atoms with E-state index in [1.54, 1.807) is 0 Å². The van der Waals surface area contributed by atoms with Gasteiger partial charge < -0.3 is 15.1 Å². The van der Waals surface area contributed by atoms with E-state index in [1.165, 1.54) is 27.7 Å². The molecule has 0 atom stereocenters. The number of hydrogen-bond acceptors (Lipinski definition) is 3. The van der Waals surface area contributed by atoms with E-state index in [4.69, 9.17) is 15.1 Å². The molecule has 0 fully saturated rings. The standard InChI is InChI=1S/4C7H5F3.BH3O3/c4*1-4-6(9)2-5(8)3-7(4)10;2-1(3)4/h4*2-3H,1H3;2-4H. The Balaban J connectivity index is 0.000000538. The van der Waals surface area contributed by atoms with E-state index in [-0.39, 0.29) is 22.3 Å². The molecule has 4 rings (SSSR count). The Morgan fingerprint density at radius 1 is 0.318 bits per heavy atom. The van der Waals surface area contributed by atoms with E-state index in [9.17, 15) is 52.7 Å². The molecule has 3 nitrogen and oxygen atoms in total. The van der Waals surface area contributed by atoms with Crippen molar-refractivity contribution < 1.29 is 67.8 Å². The van der Waals surface area contributed by atoms with Gasteiger partial charge in [-0.2, -0.15) is 0 Å². The van der Waals surface area contributed by atoms with Crippen LogP contribution in [0.4, 0.5) is 52.7 Å². The minimum absolute atomic E-state index is 0.151. The van der Waals surface area contributed by atoms with Crippen LogP contribution in [0.25, 0.3) is 0 Å². The Bertz CT molecular complexity index is 1220. The lowest BCUT2D eigenvalue weighted by Crippen LogP contribution is -2.07. The Kier molecular flexibility index (Phi) is 16.9. The van der Waals surface area contributed by atoms with E-state index in [0.717, 1.165) is 0 Å². The van der Waals surface area contributed by atoms with Crippen LogP contribution in [0.2, 0.25) is 0 Å². The van der Waals surface area contributed by atoms with Gasteiger partial charge in [-0.15, -0.1) is 0 Å². The van der Waals surface area contributed by atoms with Crippen molar-refractivity contribution in [2.45, 2.75) is 27.7 Å². The topological polar surface area (TPSA) is 60.7 Å². The van der Waals surface area contributed by atoms with Crippen LogP contribution in [0, 0.1) is 97.5 Å². The Hall–Kier alpha value is -4.02. The lowest BCUT2D eigenvalue weighted by molar-refractivity contribution is 0.278. The molecule has 0 bridgehead atoms. The molecule has 0 heterocycles. The molecule has 0 aliphatic carbocycles. The minimum atomic E-state index is -2.17. The molecule has 0 aromatic heterocycles. The van der Waals surface area contributed by atoms with Crippen LogP contribution in [0.5, 0.6) is 0 Å². The third-order valence-electron chi connectivity index (χ3n) is 4.98. The van der Waals surface area contributed by atoms with Gasteiger partial charge in [0.25, 0.3) is 0 Å². The maximum absolute atomic E-state index is 12.4. The zero-order chi connectivity index (χ0) is 34.5. The molecule has 0 radical (unpaired) electrons. The molecule has 0 aliphatic rings. The summed E-state index contributed by atoms with van der Waals surface area (Å²) in [4.78, 5) is 0. The molecule has 0 saturated carbocycles. The molecule has 0 aliphatic heterocycles. The normalized spacial score (nSPS) is 9.70. The molecule has 16 heteroatoms. The van der Waals surface area contributed by atoms with Gasteiger partial charge in [-0.1, -0.05) is 0 Å². The van der Waals surface area contributed by atoms with Gasteiger partial charge in [0.1, 0.15) is 69.8 Å². The first-order chi connectivity index (χ1) is 20.2. The second kappa shape index (κ2) is 18.6. The lowest BCUT2D eigenvalue weighted by atomic mass is 10.2. The van der Waals surface area contributed by atoms with Crippen LogP contribution in [-0.4, -0.2) is 22.4 Å². The van der Waals surface area contributed by atoms with Crippen molar-refractivity contribution >= 4 is 7.32 Å². The first kappa shape index (κ1) is 40.0. The van der Waals surface area contributed by atoms with Gasteiger partial charge in [-0.25, -0.2) is 52.7 Å². The summed E-state index contributed by atoms with van der Waals surface area (Å²) in [6, 6.07) is 5.21. The molecule has 0 amide bonds. The van der Waals surface area contributed by atoms with E-state index >= 15 is 0 Å². The molecular formula is C28H23BF12O3. The van der Waals surface area contributed by atoms with Crippen molar-refractivity contribution in [1.29, 1.82) is 0 Å². The zero-order valence-corrected chi connectivity index (χ0v) is 23.1. The highest BCUT2D eigenvalue weighted by Crippen LogP contribution is 2.15. The van der Waals surface area contributed by atoms with Crippen molar-refractivity contribution in [1.82, 2.24) is 0 Å². The van der Waals surface area contributed by atoms with Crippen molar-refractivity contribution in [3.63, 3.8) is 0 Å². The third-order valence-corrected chi connectivity index (χ3v) is 4.98. The molecule has 3 N–H and O–H groups in total. The average molecular weight is 646 g/mol. The SMILES string of the molecule is Cc1c(F)cc(F)cc1F.Cc1c(F)cc(F)cc1F.Cc1c(F)cc(F)cc1F.Cc1c(F)cc(F)cc1F.OB(O)O. The molecule has 4 aromatic carbocycles. The summed E-state index contributed by atoms with van der Waals surface area (Å²) in [6.45, 7) is 5.02. The first-order valence-corrected chi connectivity index (χ1v) is 11.7. The number of benzene rings is 4. The summed E-state index contributed by atoms with van der Waals surface area (Å²) in [5, 5.41) is 21.5. The highest BCUT2D eigenvalue weighted by molar-refractivity contribution is 6.30. The second-order valence-electron chi connectivity index (χ2n) is 8.32. The van der Waals surface area contributed by atoms with E-state index < -0.39 is 77.1 Å². The largest absolute Gasteiger partial charge is 0.631 e. The number of halogens is 12. The van der Waals surface area contributed by atoms with Crippen LogP contribution >= 0.6 is 0 Å². The van der Waals surface area contributed by atoms with E-state index in [1.807, 2.05) is 0 Å². The fraction of sp³-hybridized carbons (Fsp3) is 0.143. The highest BCUT2D eigenvalue weighted by Gasteiger charge is 2.07. The summed E-state index contributed by atoms with van der Waals surface area (Å²) in [7, 11) is -2.17. The average Bonchev–Trinajstić information content (AvgIpc) is 2.88. The van der Waals surface area contributed by atoms with Crippen LogP contribution in [0.1, 0.15) is 22.3 Å². The quantitative estimate of drug-likeness (QED) is 0.136. The van der Waals surface area contributed by atoms with Gasteiger partial charge in [-0.3, -0.25) is 0 Å². The van der Waals surface area contributed by atoms with Crippen LogP contribution < -0.4 is 0 Å². The monoisotopic (exact) mass is 646 g/mol. The number of rotatable bonds is 0. The molecule has 44 heavy (non-hydrogen) atoms. The van der Waals surface area contributed by atoms with Crippen molar-refractivity contribution in [2.24, 2.45) is 0 Å². The summed E-state index contributed by atoms with van der Waals surface area (Å²) in [5.74, 6) is -10.3. The van der Waals surface area contributed by atoms with Crippen LogP contribution in [-0.2, 0) is 0 Å². The van der Waals surface area contributed by atoms with Gasteiger partial charge >= 0.3 is 7.32 Å². The smallest absolute Gasteiger partial charge is 0.402 e. The number of hydrogen-bond donors (Lipinski definition) is 3. The fourth-order valence-corrected chi connectivity index (χ4v) is 2.46. The molecule has 4 aromatic rings. The summed E-state index contributed by atoms with van der Waals surface area (Å²) in [6.07, 6.45) is 0. The second-order valence-corrected chi connectivity index (χ2v) is 8.32. The predicted molar refractivity (Wildman–Crippen MR) is 137 cm³/mol. The van der Waals surface area contributed by atoms with Crippen LogP contribution in [0.15, 0.2) is 48.5 Å². The molecule has 240 valence electrons. The Morgan fingerprint density at radius 2 is 0.409 bits per heavy atom. The van der Waals surface area contributed by atoms with Gasteiger partial charge in [0.15, 0.2) is 0 Å². The maximum Gasteiger partial charge on any atom is 0.631 e. The summed E-state index contributed by atoms with van der Waals surface area (Å²) >= 11 is 0. The molecule has 0 spiro atoms. The van der Waals surface area contributed by atoms with Crippen molar-refractivity contribution in [3.05, 3.63) is 141 Å². The van der Waals surface area contributed by atoms with Crippen molar-refractivity contribution in [3.8, 4) is 0 Å². The van der Waals surface area contributed by atoms with Gasteiger partial charge in [0.05, 0.1) is 0 Å². The Morgan fingerprint density at radius 3 is 0.500 bits per heavy atom. The first-order valence-electron chi connectivity index (χ1n) is 11.7. The fourth-order valence-electron chi connectivity index (χ4n) is 2.46. The maximum atomic E-state index is 12.4. The van der Waals surface area contributed by atoms with Gasteiger partial charge in [0, 0.05) is 70.8 Å². The van der Waals surface area contributed by atoms with Gasteiger partial charge in [0.2, 0.25) is 0 Å². The van der Waals surface area contributed by atoms with E-state index in [0.29, 0.717) is 48.5 Å². The predicted octanol–water partition coefficient (Wildman–Crippen LogP) is 7.60. The minimum Gasteiger partial charge on any atom is -0.402 e. The highest BCUT2D eigenvalue weighted by atomic mass is 19.2. The summed E-state index contributed by atoms with van der Waals surface area (Å²) in [5.41, 5.74) is -0.606. The third kappa shape index (κ3) is 14.4. The zero-order valence-electron chi connectivity index (χ0n) is 23.1. The lowest BCUT2D eigenvalue weighted by Gasteiger charge is -1.96. The molecule has 0 saturated heterocycles. The van der Waals surface area contributed by atoms with Crippen molar-refractivity contribution in [2.75, 3.05) is 0 Å². The molecular weight excluding hydrogens is 623 g/mol. The Labute approximate surface area is 243 Å². The molecule has 0 unspecified atom stereocenters. The summed E-state index contributed by atoms with van der Waals surface area (Å²) < 4.78 is 147. The van der Waals surface area contributed by atoms with Crippen LogP contribution in [0.3, 0.4) is 0 Å².